The molecule has 7 rings (SSSR count). The molecule has 1 aliphatic carbocycles. The average Bonchev–Trinajstić information content (AvgIpc) is 3.19. The predicted octanol–water partition coefficient (Wildman–Crippen LogP) is 7.65. The van der Waals surface area contributed by atoms with Gasteiger partial charge in [-0.1, -0.05) is 32.3 Å². The van der Waals surface area contributed by atoms with E-state index in [9.17, 15) is 27.2 Å². The van der Waals surface area contributed by atoms with Crippen molar-refractivity contribution in [3.8, 4) is 0 Å². The standard InChI is InChI=1S/C25H34F3N5OS.C16H20FN3O2/c1-17-7-6-12-33(15-17)23-21(25(26,27)28)14-29-24(31-23)30-22-11-10-20(13-18(22)16-34-2)35-32-19-8-4-3-5-9-19;1-19-6-8-20(9-7-19)11-2-3-12(14(17)10-11)13-4-5-15(21)18-16(13)22/h10-11,13-14,17,19,32H,3-9,12,15-16H2,1-2H3,(H,29,30,31);2-3,10,13H,4-9H2,1H3,(H,18,21,22). The van der Waals surface area contributed by atoms with Crippen LogP contribution in [0.25, 0.3) is 0 Å². The van der Waals surface area contributed by atoms with Crippen molar-refractivity contribution in [3.05, 3.63) is 65.1 Å². The molecule has 16 heteroatoms. The van der Waals surface area contributed by atoms with E-state index >= 15 is 0 Å². The van der Waals surface area contributed by atoms with Crippen LogP contribution < -0.4 is 25.2 Å². The van der Waals surface area contributed by atoms with Crippen LogP contribution in [0.2, 0.25) is 0 Å². The van der Waals surface area contributed by atoms with Crippen molar-refractivity contribution in [1.29, 1.82) is 0 Å². The number of likely N-dealkylation sites (N-methyl/N-ethyl adjacent to an activating group) is 1. The molecule has 2 amide bonds. The summed E-state index contributed by atoms with van der Waals surface area (Å²) in [6.07, 6.45) is 5.09. The highest BCUT2D eigenvalue weighted by molar-refractivity contribution is 7.97. The summed E-state index contributed by atoms with van der Waals surface area (Å²) in [4.78, 5) is 38.6. The quantitative estimate of drug-likeness (QED) is 0.107. The van der Waals surface area contributed by atoms with Crippen LogP contribution in [0.5, 0.6) is 0 Å². The van der Waals surface area contributed by atoms with Gasteiger partial charge in [-0.3, -0.25) is 19.6 Å². The van der Waals surface area contributed by atoms with Crippen molar-refractivity contribution in [2.45, 2.75) is 94.3 Å². The molecule has 4 fully saturated rings. The van der Waals surface area contributed by atoms with Crippen molar-refractivity contribution in [2.24, 2.45) is 5.92 Å². The molecule has 0 bridgehead atoms. The fourth-order valence-corrected chi connectivity index (χ4v) is 8.70. The van der Waals surface area contributed by atoms with E-state index < -0.39 is 23.6 Å². The molecule has 57 heavy (non-hydrogen) atoms. The summed E-state index contributed by atoms with van der Waals surface area (Å²) in [6, 6.07) is 11.5. The molecule has 1 aromatic heterocycles. The highest BCUT2D eigenvalue weighted by Crippen LogP contribution is 2.38. The smallest absolute Gasteiger partial charge is 0.380 e. The van der Waals surface area contributed by atoms with Crippen molar-refractivity contribution in [1.82, 2.24) is 24.9 Å². The van der Waals surface area contributed by atoms with Crippen LogP contribution in [0.3, 0.4) is 0 Å². The molecule has 3 aliphatic heterocycles. The van der Waals surface area contributed by atoms with E-state index in [1.165, 1.54) is 38.2 Å². The van der Waals surface area contributed by atoms with Gasteiger partial charge in [0.2, 0.25) is 17.8 Å². The number of hydrogen-bond acceptors (Lipinski definition) is 11. The summed E-state index contributed by atoms with van der Waals surface area (Å²) in [5.74, 6) is -1.22. The van der Waals surface area contributed by atoms with Crippen molar-refractivity contribution in [3.63, 3.8) is 0 Å². The second-order valence-corrected chi connectivity index (χ2v) is 16.5. The topological polar surface area (TPSA) is 115 Å². The molecular formula is C41H54F4N8O3S. The first kappa shape index (κ1) is 42.6. The van der Waals surface area contributed by atoms with Gasteiger partial charge in [0.1, 0.15) is 17.2 Å². The molecule has 2 unspecified atom stereocenters. The van der Waals surface area contributed by atoms with Crippen molar-refractivity contribution >= 4 is 46.9 Å². The molecular weight excluding hydrogens is 761 g/mol. The Morgan fingerprint density at radius 1 is 0.947 bits per heavy atom. The first-order chi connectivity index (χ1) is 27.4. The molecule has 2 atom stereocenters. The Labute approximate surface area is 336 Å². The van der Waals surface area contributed by atoms with Gasteiger partial charge in [-0.25, -0.2) is 9.37 Å². The fraction of sp³-hybridized carbons (Fsp3) is 0.561. The lowest BCUT2D eigenvalue weighted by atomic mass is 9.90. The normalized spacial score (nSPS) is 21.2. The zero-order chi connectivity index (χ0) is 40.5. The number of benzene rings is 2. The molecule has 0 spiro atoms. The van der Waals surface area contributed by atoms with Crippen LogP contribution in [0.1, 0.15) is 87.3 Å². The van der Waals surface area contributed by atoms with Gasteiger partial charge in [-0.05, 0) is 87.3 Å². The maximum Gasteiger partial charge on any atom is 0.421 e. The number of carbonyl (C=O) groups excluding carboxylic acids is 2. The maximum atomic E-state index is 14.4. The zero-order valence-electron chi connectivity index (χ0n) is 33.0. The highest BCUT2D eigenvalue weighted by atomic mass is 32.2. The number of methoxy groups -OCH3 is 1. The number of alkyl halides is 3. The summed E-state index contributed by atoms with van der Waals surface area (Å²) in [5.41, 5.74) is 2.03. The number of rotatable bonds is 10. The van der Waals surface area contributed by atoms with Crippen LogP contribution in [0.15, 0.2) is 47.5 Å². The molecule has 310 valence electrons. The van der Waals surface area contributed by atoms with Gasteiger partial charge < -0.3 is 24.8 Å². The third kappa shape index (κ3) is 11.6. The Kier molecular flexibility index (Phi) is 14.7. The lowest BCUT2D eigenvalue weighted by Gasteiger charge is -2.34. The fourth-order valence-electron chi connectivity index (χ4n) is 7.83. The Bertz CT molecular complexity index is 1840. The van der Waals surface area contributed by atoms with E-state index in [2.05, 4.69) is 49.1 Å². The summed E-state index contributed by atoms with van der Waals surface area (Å²) < 4.78 is 64.5. The summed E-state index contributed by atoms with van der Waals surface area (Å²) in [5, 5.41) is 5.41. The van der Waals surface area contributed by atoms with Crippen LogP contribution in [0, 0.1) is 11.7 Å². The SMILES string of the molecule is CN1CCN(c2ccc(C3CCC(=O)NC3=O)c(F)c2)CC1.COCc1cc(SNC2CCCCC2)ccc1Nc1ncc(C(F)(F)F)c(N2CCCC(C)C2)n1. The summed E-state index contributed by atoms with van der Waals surface area (Å²) >= 11 is 1.61. The number of piperazine rings is 1. The minimum absolute atomic E-state index is 0.0568. The second kappa shape index (κ2) is 19.6. The molecule has 3 aromatic rings. The van der Waals surface area contributed by atoms with Gasteiger partial charge in [0, 0.05) is 92.4 Å². The van der Waals surface area contributed by atoms with Gasteiger partial charge >= 0.3 is 6.18 Å². The van der Waals surface area contributed by atoms with Crippen molar-refractivity contribution in [2.75, 3.05) is 68.5 Å². The van der Waals surface area contributed by atoms with E-state index in [1.54, 1.807) is 30.0 Å². The summed E-state index contributed by atoms with van der Waals surface area (Å²) in [6.45, 7) is 7.16. The number of amides is 2. The molecule has 11 nitrogen and oxygen atoms in total. The van der Waals surface area contributed by atoms with Gasteiger partial charge in [0.05, 0.1) is 12.5 Å². The summed E-state index contributed by atoms with van der Waals surface area (Å²) in [7, 11) is 3.69. The lowest BCUT2D eigenvalue weighted by molar-refractivity contribution is -0.138. The molecule has 3 N–H and O–H groups in total. The largest absolute Gasteiger partial charge is 0.421 e. The van der Waals surface area contributed by atoms with E-state index in [0.29, 0.717) is 49.3 Å². The minimum atomic E-state index is -4.51. The van der Waals surface area contributed by atoms with E-state index in [1.807, 2.05) is 24.3 Å². The van der Waals surface area contributed by atoms with E-state index in [4.69, 9.17) is 4.74 Å². The van der Waals surface area contributed by atoms with Gasteiger partial charge in [0.15, 0.2) is 0 Å². The number of nitrogens with one attached hydrogen (secondary N) is 3. The number of carbonyl (C=O) groups is 2. The van der Waals surface area contributed by atoms with Crippen molar-refractivity contribution < 1.29 is 31.9 Å². The van der Waals surface area contributed by atoms with Crippen LogP contribution in [-0.4, -0.2) is 86.2 Å². The number of halogens is 4. The third-order valence-corrected chi connectivity index (χ3v) is 12.0. The number of imide groups is 1. The Balaban J connectivity index is 0.000000214. The third-order valence-electron chi connectivity index (χ3n) is 11.1. The van der Waals surface area contributed by atoms with Gasteiger partial charge in [-0.2, -0.15) is 18.2 Å². The number of nitrogens with zero attached hydrogens (tertiary/aromatic N) is 5. The van der Waals surface area contributed by atoms with Crippen LogP contribution >= 0.6 is 11.9 Å². The number of anilines is 4. The second-order valence-electron chi connectivity index (χ2n) is 15.6. The highest BCUT2D eigenvalue weighted by Gasteiger charge is 2.38. The monoisotopic (exact) mass is 814 g/mol. The number of hydrogen-bond donors (Lipinski definition) is 3. The molecule has 2 aromatic carbocycles. The van der Waals surface area contributed by atoms with Crippen LogP contribution in [-0.2, 0) is 27.1 Å². The number of ether oxygens (including phenoxy) is 1. The molecule has 4 heterocycles. The Morgan fingerprint density at radius 2 is 1.72 bits per heavy atom. The predicted molar refractivity (Wildman–Crippen MR) is 215 cm³/mol. The number of aromatic nitrogens is 2. The van der Waals surface area contributed by atoms with Crippen LogP contribution in [0.4, 0.5) is 40.7 Å². The minimum Gasteiger partial charge on any atom is -0.380 e. The first-order valence-corrected chi connectivity index (χ1v) is 20.8. The molecule has 4 aliphatic rings. The first-order valence-electron chi connectivity index (χ1n) is 19.9. The molecule has 0 radical (unpaired) electrons. The van der Waals surface area contributed by atoms with E-state index in [0.717, 1.165) is 61.4 Å². The Hall–Kier alpha value is -3.99. The zero-order valence-corrected chi connectivity index (χ0v) is 33.8. The maximum absolute atomic E-state index is 14.4. The molecule has 3 saturated heterocycles. The van der Waals surface area contributed by atoms with Gasteiger partial charge in [0.25, 0.3) is 0 Å². The number of piperidine rings is 2. The lowest BCUT2D eigenvalue weighted by Crippen LogP contribution is -2.44. The van der Waals surface area contributed by atoms with E-state index in [-0.39, 0.29) is 29.9 Å². The van der Waals surface area contributed by atoms with Gasteiger partial charge in [-0.15, -0.1) is 0 Å². The average molecular weight is 815 g/mol. The molecule has 1 saturated carbocycles. The Morgan fingerprint density at radius 3 is 2.40 bits per heavy atom.